The van der Waals surface area contributed by atoms with Crippen LogP contribution in [0.15, 0.2) is 73.6 Å². The number of hydrogen-bond donors (Lipinski definition) is 3. The van der Waals surface area contributed by atoms with Gasteiger partial charge in [-0.2, -0.15) is 5.10 Å². The van der Waals surface area contributed by atoms with Gasteiger partial charge in [-0.25, -0.2) is 19.0 Å². The first kappa shape index (κ1) is 40.2. The second-order valence-corrected chi connectivity index (χ2v) is 16.6. The minimum Gasteiger partial charge on any atom is -0.383 e. The van der Waals surface area contributed by atoms with Gasteiger partial charge in [-0.3, -0.25) is 24.6 Å². The smallest absolute Gasteiger partial charge is 0.255 e. The van der Waals surface area contributed by atoms with Gasteiger partial charge in [-0.05, 0) is 72.7 Å². The number of nitrogens with two attached hydrogens (primary N) is 1. The zero-order valence-corrected chi connectivity index (χ0v) is 34.6. The topological polar surface area (TPSA) is 158 Å². The van der Waals surface area contributed by atoms with E-state index in [9.17, 15) is 18.8 Å². The van der Waals surface area contributed by atoms with E-state index in [1.165, 1.54) is 18.5 Å². The zero-order chi connectivity index (χ0) is 42.2. The molecule has 3 amide bonds. The first-order valence-corrected chi connectivity index (χ1v) is 21.4. The highest BCUT2D eigenvalue weighted by atomic mass is 19.1. The average Bonchev–Trinajstić information content (AvgIpc) is 3.83. The van der Waals surface area contributed by atoms with E-state index in [2.05, 4.69) is 71.7 Å². The van der Waals surface area contributed by atoms with Crippen molar-refractivity contribution in [2.24, 2.45) is 0 Å². The molecule has 0 radical (unpaired) electrons. The van der Waals surface area contributed by atoms with Gasteiger partial charge in [-0.15, -0.1) is 0 Å². The van der Waals surface area contributed by atoms with Crippen LogP contribution in [0.1, 0.15) is 71.3 Å². The zero-order valence-electron chi connectivity index (χ0n) is 34.6. The van der Waals surface area contributed by atoms with Crippen LogP contribution in [0.2, 0.25) is 0 Å². The highest BCUT2D eigenvalue weighted by molar-refractivity contribution is 6.05. The number of rotatable bonds is 12. The first-order valence-electron chi connectivity index (χ1n) is 21.4. The van der Waals surface area contributed by atoms with E-state index in [4.69, 9.17) is 10.8 Å². The molecule has 3 saturated heterocycles. The molecule has 3 aromatic carbocycles. The molecule has 6 heterocycles. The van der Waals surface area contributed by atoms with Gasteiger partial charge in [0.2, 0.25) is 11.8 Å². The van der Waals surface area contributed by atoms with Crippen LogP contribution in [-0.2, 0) is 29.1 Å². The van der Waals surface area contributed by atoms with Crippen molar-refractivity contribution in [3.05, 3.63) is 107 Å². The largest absolute Gasteiger partial charge is 0.383 e. The number of carbonyl (C=O) groups excluding carboxylic acids is 3. The van der Waals surface area contributed by atoms with Crippen molar-refractivity contribution in [1.82, 2.24) is 45.1 Å². The molecule has 9 rings (SSSR count). The molecule has 0 spiro atoms. The fourth-order valence-electron chi connectivity index (χ4n) is 9.33. The molecule has 316 valence electrons. The number of benzene rings is 3. The Morgan fingerprint density at radius 2 is 1.67 bits per heavy atom. The Hall–Kier alpha value is -6.19. The fourth-order valence-corrected chi connectivity index (χ4v) is 9.33. The van der Waals surface area contributed by atoms with Crippen LogP contribution in [0.5, 0.6) is 0 Å². The number of nitrogens with zero attached hydrogens (tertiary/aromatic N) is 8. The summed E-state index contributed by atoms with van der Waals surface area (Å²) in [6.07, 6.45) is 4.82. The lowest BCUT2D eigenvalue weighted by Crippen LogP contribution is -2.52. The number of fused-ring (bicyclic) bond motifs is 2. The standard InChI is InChI=1S/C46H52FN11O3/c1-3-31-8-9-34(47)25-38(31)29(2)49-26-30-4-6-32(7-5-30)42-41-43(48)50-28-51-44(41)58(53-42)35-14-16-54(17-15-35)18-19-55-20-22-56(23-21-55)36-10-11-37-33(24-36)27-57(46(37)61)39-12-13-40(59)52-45(39)60/h4-11,24-25,28,35,39,49H,2-3,12-23,26-27H2,1H3,(H2,48,50,51)(H,52,59,60)/t39-/m0/s1. The molecule has 5 aromatic rings. The monoisotopic (exact) mass is 825 g/mol. The summed E-state index contributed by atoms with van der Waals surface area (Å²) in [6.45, 7) is 14.8. The van der Waals surface area contributed by atoms with Gasteiger partial charge in [0.1, 0.15) is 29.7 Å². The summed E-state index contributed by atoms with van der Waals surface area (Å²) in [5.74, 6) is -0.675. The molecule has 0 aliphatic carbocycles. The molecule has 0 saturated carbocycles. The number of carbonyl (C=O) groups is 3. The third-order valence-corrected chi connectivity index (χ3v) is 12.9. The quantitative estimate of drug-likeness (QED) is 0.149. The second-order valence-electron chi connectivity index (χ2n) is 16.6. The van der Waals surface area contributed by atoms with E-state index in [-0.39, 0.29) is 36.0 Å². The van der Waals surface area contributed by atoms with Crippen LogP contribution < -0.4 is 21.3 Å². The van der Waals surface area contributed by atoms with Crippen molar-refractivity contribution in [3.8, 4) is 11.3 Å². The van der Waals surface area contributed by atoms with Crippen molar-refractivity contribution in [2.75, 3.05) is 63.0 Å². The Morgan fingerprint density at radius 1 is 0.918 bits per heavy atom. The number of amides is 3. The molecule has 61 heavy (non-hydrogen) atoms. The van der Waals surface area contributed by atoms with Gasteiger partial charge in [0.05, 0.1) is 11.4 Å². The van der Waals surface area contributed by atoms with E-state index in [1.807, 2.05) is 30.3 Å². The van der Waals surface area contributed by atoms with Crippen LogP contribution in [0.4, 0.5) is 15.9 Å². The minimum atomic E-state index is -0.607. The van der Waals surface area contributed by atoms with Crippen LogP contribution in [0, 0.1) is 5.82 Å². The summed E-state index contributed by atoms with van der Waals surface area (Å²) in [7, 11) is 0. The number of piperazine rings is 1. The highest BCUT2D eigenvalue weighted by Gasteiger charge is 2.39. The molecule has 1 atom stereocenters. The Morgan fingerprint density at radius 3 is 2.41 bits per heavy atom. The number of piperidine rings is 2. The summed E-state index contributed by atoms with van der Waals surface area (Å²) < 4.78 is 16.1. The normalized spacial score (nSPS) is 19.1. The third kappa shape index (κ3) is 8.19. The van der Waals surface area contributed by atoms with E-state index < -0.39 is 6.04 Å². The van der Waals surface area contributed by atoms with Gasteiger partial charge in [0.25, 0.3) is 5.91 Å². The number of aromatic nitrogens is 4. The summed E-state index contributed by atoms with van der Waals surface area (Å²) in [5.41, 5.74) is 15.2. The maximum Gasteiger partial charge on any atom is 0.255 e. The average molecular weight is 826 g/mol. The number of aryl methyl sites for hydroxylation is 1. The second kappa shape index (κ2) is 17.1. The lowest BCUT2D eigenvalue weighted by molar-refractivity contribution is -0.136. The van der Waals surface area contributed by atoms with Crippen molar-refractivity contribution in [1.29, 1.82) is 0 Å². The van der Waals surface area contributed by atoms with Crippen LogP contribution in [0.3, 0.4) is 0 Å². The molecular formula is C46H52FN11O3. The van der Waals surface area contributed by atoms with Gasteiger partial charge >= 0.3 is 0 Å². The van der Waals surface area contributed by atoms with Gasteiger partial charge < -0.3 is 25.8 Å². The Balaban J connectivity index is 0.768. The molecule has 0 unspecified atom stereocenters. The first-order chi connectivity index (χ1) is 29.6. The molecule has 3 fully saturated rings. The van der Waals surface area contributed by atoms with Crippen LogP contribution in [0.25, 0.3) is 28.0 Å². The predicted molar refractivity (Wildman–Crippen MR) is 233 cm³/mol. The number of likely N-dealkylation sites (tertiary alicyclic amines) is 1. The van der Waals surface area contributed by atoms with Gasteiger partial charge in [0, 0.05) is 99.9 Å². The van der Waals surface area contributed by atoms with E-state index in [0.29, 0.717) is 36.6 Å². The molecule has 14 nitrogen and oxygen atoms in total. The molecular weight excluding hydrogens is 774 g/mol. The molecule has 0 bridgehead atoms. The molecule has 4 N–H and O–H groups in total. The number of nitrogen functional groups attached to an aromatic ring is 1. The van der Waals surface area contributed by atoms with Crippen molar-refractivity contribution >= 4 is 46.0 Å². The highest BCUT2D eigenvalue weighted by Crippen LogP contribution is 2.35. The van der Waals surface area contributed by atoms with E-state index >= 15 is 0 Å². The predicted octanol–water partition coefficient (Wildman–Crippen LogP) is 4.76. The molecule has 15 heteroatoms. The fraction of sp³-hybridized carbons (Fsp3) is 0.391. The summed E-state index contributed by atoms with van der Waals surface area (Å²) in [5, 5.41) is 11.6. The van der Waals surface area contributed by atoms with E-state index in [0.717, 1.165) is 122 Å². The van der Waals surface area contributed by atoms with Crippen molar-refractivity contribution < 1.29 is 18.8 Å². The Labute approximate surface area is 354 Å². The molecule has 4 aliphatic rings. The summed E-state index contributed by atoms with van der Waals surface area (Å²) in [6, 6.07) is 18.6. The number of hydrogen-bond acceptors (Lipinski definition) is 11. The summed E-state index contributed by atoms with van der Waals surface area (Å²) in [4.78, 5) is 55.3. The third-order valence-electron chi connectivity index (χ3n) is 12.9. The van der Waals surface area contributed by atoms with E-state index in [1.54, 1.807) is 4.90 Å². The lowest BCUT2D eigenvalue weighted by atomic mass is 10.0. The maximum absolute atomic E-state index is 14.0. The number of imide groups is 1. The van der Waals surface area contributed by atoms with Gasteiger partial charge in [-0.1, -0.05) is 43.8 Å². The van der Waals surface area contributed by atoms with Gasteiger partial charge in [0.15, 0.2) is 5.65 Å². The Bertz CT molecular complexity index is 2490. The summed E-state index contributed by atoms with van der Waals surface area (Å²) >= 11 is 0. The van der Waals surface area contributed by atoms with Crippen molar-refractivity contribution in [3.63, 3.8) is 0 Å². The lowest BCUT2D eigenvalue weighted by Gasteiger charge is -2.38. The number of nitrogens with one attached hydrogen (secondary N) is 2. The molecule has 4 aliphatic heterocycles. The number of anilines is 2. The Kier molecular flexibility index (Phi) is 11.2. The maximum atomic E-state index is 14.0. The van der Waals surface area contributed by atoms with Crippen LogP contribution in [-0.4, -0.2) is 111 Å². The van der Waals surface area contributed by atoms with Crippen molar-refractivity contribution in [2.45, 2.75) is 64.2 Å². The number of halogens is 1. The SMILES string of the molecule is C=C(NCc1ccc(-c2nn(C3CCN(CCN4CCN(c5ccc6c(c5)CN([C@H]5CCC(=O)NC5=O)C6=O)CC4)CC3)c3ncnc(N)c23)cc1)c1cc(F)ccc1CC. The van der Waals surface area contributed by atoms with Crippen LogP contribution >= 0.6 is 0 Å². The molecule has 2 aromatic heterocycles. The minimum absolute atomic E-state index is 0.142.